The second kappa shape index (κ2) is 4.50. The van der Waals surface area contributed by atoms with Gasteiger partial charge in [-0.2, -0.15) is 0 Å². The molecule has 0 heterocycles. The molecule has 0 radical (unpaired) electrons. The maximum Gasteiger partial charge on any atom is 0.119 e. The fourth-order valence-electron chi connectivity index (χ4n) is 1.88. The third kappa shape index (κ3) is 2.59. The van der Waals surface area contributed by atoms with E-state index in [1.807, 2.05) is 38.1 Å². The van der Waals surface area contributed by atoms with Gasteiger partial charge in [0.25, 0.3) is 0 Å². The van der Waals surface area contributed by atoms with Gasteiger partial charge >= 0.3 is 0 Å². The fraction of sp³-hybridized carbons (Fsp3) is 0.200. The van der Waals surface area contributed by atoms with Crippen molar-refractivity contribution in [3.05, 3.63) is 58.7 Å². The molecule has 0 saturated heterocycles. The zero-order valence-electron chi connectivity index (χ0n) is 10.1. The summed E-state index contributed by atoms with van der Waals surface area (Å²) >= 11 is 0. The van der Waals surface area contributed by atoms with Gasteiger partial charge in [-0.25, -0.2) is 0 Å². The minimum atomic E-state index is 0.274. The van der Waals surface area contributed by atoms with Crippen LogP contribution in [0.4, 0.5) is 0 Å². The SMILES string of the molecule is Cc1ccc(Cc2cc(C)ccc2O)c(O)c1. The van der Waals surface area contributed by atoms with Crippen LogP contribution in [-0.2, 0) is 6.42 Å². The van der Waals surface area contributed by atoms with E-state index in [1.165, 1.54) is 0 Å². The molecule has 2 aromatic rings. The van der Waals surface area contributed by atoms with Crippen LogP contribution >= 0.6 is 0 Å². The largest absolute Gasteiger partial charge is 0.508 e. The van der Waals surface area contributed by atoms with Crippen LogP contribution in [0, 0.1) is 13.8 Å². The van der Waals surface area contributed by atoms with Crippen molar-refractivity contribution in [3.8, 4) is 11.5 Å². The first-order chi connectivity index (χ1) is 8.06. The van der Waals surface area contributed by atoms with Gasteiger partial charge in [-0.3, -0.25) is 0 Å². The molecule has 0 aromatic heterocycles. The summed E-state index contributed by atoms with van der Waals surface area (Å²) in [6, 6.07) is 11.1. The Balaban J connectivity index is 2.34. The second-order valence-electron chi connectivity index (χ2n) is 4.44. The normalized spacial score (nSPS) is 10.5. The molecular weight excluding hydrogens is 212 g/mol. The van der Waals surface area contributed by atoms with Crippen molar-refractivity contribution < 1.29 is 10.2 Å². The molecule has 88 valence electrons. The molecule has 0 amide bonds. The first kappa shape index (κ1) is 11.5. The Morgan fingerprint density at radius 3 is 2.12 bits per heavy atom. The molecule has 0 aliphatic rings. The zero-order valence-corrected chi connectivity index (χ0v) is 10.1. The molecule has 0 unspecified atom stereocenters. The molecule has 0 atom stereocenters. The van der Waals surface area contributed by atoms with E-state index < -0.39 is 0 Å². The Bertz CT molecular complexity index is 545. The van der Waals surface area contributed by atoms with E-state index in [9.17, 15) is 10.2 Å². The summed E-state index contributed by atoms with van der Waals surface area (Å²) in [6.07, 6.45) is 0.541. The number of rotatable bonds is 2. The maximum absolute atomic E-state index is 9.83. The van der Waals surface area contributed by atoms with E-state index in [4.69, 9.17) is 0 Å². The van der Waals surface area contributed by atoms with Gasteiger partial charge in [0.15, 0.2) is 0 Å². The van der Waals surface area contributed by atoms with Crippen LogP contribution in [0.5, 0.6) is 11.5 Å². The van der Waals surface area contributed by atoms with E-state index in [2.05, 4.69) is 0 Å². The molecule has 0 fully saturated rings. The van der Waals surface area contributed by atoms with E-state index >= 15 is 0 Å². The van der Waals surface area contributed by atoms with Crippen LogP contribution in [0.3, 0.4) is 0 Å². The smallest absolute Gasteiger partial charge is 0.119 e. The van der Waals surface area contributed by atoms with Crippen LogP contribution in [0.1, 0.15) is 22.3 Å². The summed E-state index contributed by atoms with van der Waals surface area (Å²) < 4.78 is 0. The molecule has 0 spiro atoms. The van der Waals surface area contributed by atoms with Crippen molar-refractivity contribution in [1.82, 2.24) is 0 Å². The van der Waals surface area contributed by atoms with Crippen LogP contribution in [0.2, 0.25) is 0 Å². The topological polar surface area (TPSA) is 40.5 Å². The molecule has 17 heavy (non-hydrogen) atoms. The van der Waals surface area contributed by atoms with Crippen LogP contribution in [-0.4, -0.2) is 10.2 Å². The monoisotopic (exact) mass is 228 g/mol. The van der Waals surface area contributed by atoms with Crippen LogP contribution in [0.15, 0.2) is 36.4 Å². The number of hydrogen-bond donors (Lipinski definition) is 2. The van der Waals surface area contributed by atoms with Gasteiger partial charge in [-0.1, -0.05) is 29.8 Å². The van der Waals surface area contributed by atoms with Gasteiger partial charge in [-0.15, -0.1) is 0 Å². The van der Waals surface area contributed by atoms with Gasteiger partial charge in [0.05, 0.1) is 0 Å². The van der Waals surface area contributed by atoms with Gasteiger partial charge in [-0.05, 0) is 42.7 Å². The van der Waals surface area contributed by atoms with Gasteiger partial charge < -0.3 is 10.2 Å². The summed E-state index contributed by atoms with van der Waals surface area (Å²) in [5.74, 6) is 0.557. The van der Waals surface area contributed by atoms with Crippen molar-refractivity contribution in [3.63, 3.8) is 0 Å². The first-order valence-electron chi connectivity index (χ1n) is 5.63. The van der Waals surface area contributed by atoms with Crippen molar-refractivity contribution in [2.24, 2.45) is 0 Å². The van der Waals surface area contributed by atoms with Crippen molar-refractivity contribution >= 4 is 0 Å². The first-order valence-corrected chi connectivity index (χ1v) is 5.63. The number of phenols is 2. The van der Waals surface area contributed by atoms with Gasteiger partial charge in [0.2, 0.25) is 0 Å². The highest BCUT2D eigenvalue weighted by molar-refractivity contribution is 5.44. The summed E-state index contributed by atoms with van der Waals surface area (Å²) in [5, 5.41) is 19.6. The summed E-state index contributed by atoms with van der Waals surface area (Å²) in [4.78, 5) is 0. The lowest BCUT2D eigenvalue weighted by Crippen LogP contribution is -1.91. The molecular formula is C15H16O2. The van der Waals surface area contributed by atoms with Gasteiger partial charge in [0, 0.05) is 6.42 Å². The number of aromatic hydroxyl groups is 2. The molecule has 2 N–H and O–H groups in total. The van der Waals surface area contributed by atoms with Crippen molar-refractivity contribution in [2.45, 2.75) is 20.3 Å². The predicted octanol–water partition coefficient (Wildman–Crippen LogP) is 3.31. The lowest BCUT2D eigenvalue weighted by atomic mass is 10.0. The lowest BCUT2D eigenvalue weighted by Gasteiger charge is -2.08. The average molecular weight is 228 g/mol. The number of hydrogen-bond acceptors (Lipinski definition) is 2. The molecule has 0 saturated carbocycles. The lowest BCUT2D eigenvalue weighted by molar-refractivity contribution is 0.462. The Hall–Kier alpha value is -1.96. The third-order valence-corrected chi connectivity index (χ3v) is 2.86. The van der Waals surface area contributed by atoms with Crippen LogP contribution < -0.4 is 0 Å². The molecule has 2 rings (SSSR count). The fourth-order valence-corrected chi connectivity index (χ4v) is 1.88. The summed E-state index contributed by atoms with van der Waals surface area (Å²) in [5.41, 5.74) is 3.80. The summed E-state index contributed by atoms with van der Waals surface area (Å²) in [7, 11) is 0. The molecule has 2 nitrogen and oxygen atoms in total. The van der Waals surface area contributed by atoms with Crippen molar-refractivity contribution in [2.75, 3.05) is 0 Å². The highest BCUT2D eigenvalue weighted by Gasteiger charge is 2.06. The van der Waals surface area contributed by atoms with Crippen molar-refractivity contribution in [1.29, 1.82) is 0 Å². The quantitative estimate of drug-likeness (QED) is 0.828. The highest BCUT2D eigenvalue weighted by Crippen LogP contribution is 2.26. The Labute approximate surface area is 101 Å². The van der Waals surface area contributed by atoms with Gasteiger partial charge in [0.1, 0.15) is 11.5 Å². The molecule has 0 bridgehead atoms. The van der Waals surface area contributed by atoms with E-state index in [1.54, 1.807) is 12.1 Å². The standard InChI is InChI=1S/C15H16O2/c1-10-4-6-14(16)13(7-10)9-12-5-3-11(2)8-15(12)17/h3-8,16-17H,9H2,1-2H3. The Kier molecular flexibility index (Phi) is 3.05. The third-order valence-electron chi connectivity index (χ3n) is 2.86. The Morgan fingerprint density at radius 1 is 0.765 bits per heavy atom. The van der Waals surface area contributed by atoms with E-state index in [0.717, 1.165) is 22.3 Å². The number of phenolic OH excluding ortho intramolecular Hbond substituents is 2. The Morgan fingerprint density at radius 2 is 1.41 bits per heavy atom. The van der Waals surface area contributed by atoms with E-state index in [-0.39, 0.29) is 11.5 Å². The summed E-state index contributed by atoms with van der Waals surface area (Å²) in [6.45, 7) is 3.92. The average Bonchev–Trinajstić information content (AvgIpc) is 2.27. The predicted molar refractivity (Wildman–Crippen MR) is 68.5 cm³/mol. The number of benzene rings is 2. The minimum Gasteiger partial charge on any atom is -0.508 e. The second-order valence-corrected chi connectivity index (χ2v) is 4.44. The molecule has 2 heteroatoms. The molecule has 0 aliphatic carbocycles. The highest BCUT2D eigenvalue weighted by atomic mass is 16.3. The zero-order chi connectivity index (χ0) is 12.4. The molecule has 0 aliphatic heterocycles. The maximum atomic E-state index is 9.83. The van der Waals surface area contributed by atoms with E-state index in [0.29, 0.717) is 6.42 Å². The molecule has 2 aromatic carbocycles. The number of aryl methyl sites for hydroxylation is 2. The minimum absolute atomic E-state index is 0.274. The van der Waals surface area contributed by atoms with Crippen LogP contribution in [0.25, 0.3) is 0 Å².